The van der Waals surface area contributed by atoms with Gasteiger partial charge in [-0.05, 0) is 30.7 Å². The zero-order valence-corrected chi connectivity index (χ0v) is 13.2. The van der Waals surface area contributed by atoms with Gasteiger partial charge in [0.1, 0.15) is 11.5 Å². The maximum atomic E-state index is 13.2. The van der Waals surface area contributed by atoms with Gasteiger partial charge in [0.15, 0.2) is 0 Å². The Bertz CT molecular complexity index is 782. The maximum absolute atomic E-state index is 13.2. The summed E-state index contributed by atoms with van der Waals surface area (Å²) >= 11 is 0. The van der Waals surface area contributed by atoms with E-state index in [1.54, 1.807) is 12.1 Å². The molecule has 0 N–H and O–H groups in total. The number of nitrogens with zero attached hydrogens (tertiary/aromatic N) is 2. The fraction of sp³-hybridized carbons (Fsp3) is 0.316. The van der Waals surface area contributed by atoms with Crippen LogP contribution in [0.2, 0.25) is 0 Å². The van der Waals surface area contributed by atoms with E-state index in [1.807, 2.05) is 21.7 Å². The molecule has 118 valence electrons. The number of rotatable bonds is 3. The molecule has 0 unspecified atom stereocenters. The highest BCUT2D eigenvalue weighted by molar-refractivity contribution is 5.94. The van der Waals surface area contributed by atoms with E-state index >= 15 is 0 Å². The number of amides is 1. The van der Waals surface area contributed by atoms with Gasteiger partial charge in [0.05, 0.1) is 0 Å². The second kappa shape index (κ2) is 6.70. The third kappa shape index (κ3) is 3.45. The number of benzene rings is 1. The van der Waals surface area contributed by atoms with Gasteiger partial charge in [0.2, 0.25) is 0 Å². The molecule has 0 aliphatic carbocycles. The van der Waals surface area contributed by atoms with Crippen molar-refractivity contribution in [3.05, 3.63) is 59.2 Å². The van der Waals surface area contributed by atoms with Crippen LogP contribution >= 0.6 is 0 Å². The number of aromatic nitrogens is 1. The van der Waals surface area contributed by atoms with E-state index in [-0.39, 0.29) is 11.7 Å². The standard InChI is InChI=1S/C19H19FN2O/c1-2-3-9-21-10-11-22-14-16(13-18(22)19(21)23)8-7-15-5-4-6-17(20)12-15/h4-6,12-14H,2-3,9-11H2,1H3. The predicted molar refractivity (Wildman–Crippen MR) is 87.6 cm³/mol. The zero-order valence-electron chi connectivity index (χ0n) is 13.2. The van der Waals surface area contributed by atoms with E-state index in [9.17, 15) is 9.18 Å². The summed E-state index contributed by atoms with van der Waals surface area (Å²) in [4.78, 5) is 14.4. The minimum atomic E-state index is -0.297. The molecule has 1 aromatic heterocycles. The van der Waals surface area contributed by atoms with Gasteiger partial charge in [-0.2, -0.15) is 0 Å². The van der Waals surface area contributed by atoms with Crippen LogP contribution < -0.4 is 0 Å². The third-order valence-corrected chi connectivity index (χ3v) is 3.97. The average molecular weight is 310 g/mol. The van der Waals surface area contributed by atoms with Crippen molar-refractivity contribution in [2.24, 2.45) is 0 Å². The van der Waals surface area contributed by atoms with Crippen LogP contribution in [0.3, 0.4) is 0 Å². The van der Waals surface area contributed by atoms with Crippen LogP contribution in [-0.4, -0.2) is 28.5 Å². The van der Waals surface area contributed by atoms with Crippen LogP contribution in [0.25, 0.3) is 0 Å². The number of hydrogen-bond donors (Lipinski definition) is 0. The van der Waals surface area contributed by atoms with Crippen molar-refractivity contribution < 1.29 is 9.18 Å². The lowest BCUT2D eigenvalue weighted by Crippen LogP contribution is -2.40. The molecule has 0 bridgehead atoms. The van der Waals surface area contributed by atoms with Crippen LogP contribution in [-0.2, 0) is 6.54 Å². The molecular formula is C19H19FN2O. The van der Waals surface area contributed by atoms with Gasteiger partial charge in [-0.15, -0.1) is 0 Å². The number of halogens is 1. The van der Waals surface area contributed by atoms with Gasteiger partial charge < -0.3 is 9.47 Å². The molecule has 2 aromatic rings. The summed E-state index contributed by atoms with van der Waals surface area (Å²) in [6.07, 6.45) is 4.00. The Balaban J connectivity index is 1.80. The zero-order chi connectivity index (χ0) is 16.2. The van der Waals surface area contributed by atoms with Crippen molar-refractivity contribution in [1.82, 2.24) is 9.47 Å². The lowest BCUT2D eigenvalue weighted by molar-refractivity contribution is 0.0702. The van der Waals surface area contributed by atoms with E-state index in [2.05, 4.69) is 18.8 Å². The molecule has 1 aliphatic heterocycles. The highest BCUT2D eigenvalue weighted by atomic mass is 19.1. The van der Waals surface area contributed by atoms with Crippen molar-refractivity contribution >= 4 is 5.91 Å². The van der Waals surface area contributed by atoms with Crippen molar-refractivity contribution in [3.63, 3.8) is 0 Å². The highest BCUT2D eigenvalue weighted by Crippen LogP contribution is 2.16. The Morgan fingerprint density at radius 1 is 1.17 bits per heavy atom. The number of hydrogen-bond acceptors (Lipinski definition) is 1. The first-order valence-electron chi connectivity index (χ1n) is 7.94. The summed E-state index contributed by atoms with van der Waals surface area (Å²) in [7, 11) is 0. The molecule has 0 atom stereocenters. The Labute approximate surface area is 135 Å². The summed E-state index contributed by atoms with van der Waals surface area (Å²) in [6.45, 7) is 4.48. The Morgan fingerprint density at radius 2 is 2.00 bits per heavy atom. The molecule has 0 spiro atoms. The third-order valence-electron chi connectivity index (χ3n) is 3.97. The molecule has 1 aliphatic rings. The van der Waals surface area contributed by atoms with Crippen LogP contribution in [0.5, 0.6) is 0 Å². The molecule has 1 amide bonds. The molecule has 3 rings (SSSR count). The molecular weight excluding hydrogens is 291 g/mol. The predicted octanol–water partition coefficient (Wildman–Crippen LogP) is 3.28. The smallest absolute Gasteiger partial charge is 0.270 e. The Kier molecular flexibility index (Phi) is 4.47. The fourth-order valence-corrected chi connectivity index (χ4v) is 2.71. The number of fused-ring (bicyclic) bond motifs is 1. The molecule has 2 heterocycles. The molecule has 3 nitrogen and oxygen atoms in total. The first kappa shape index (κ1) is 15.4. The molecule has 0 saturated carbocycles. The van der Waals surface area contributed by atoms with Crippen LogP contribution in [0.4, 0.5) is 4.39 Å². The second-order valence-electron chi connectivity index (χ2n) is 5.71. The molecule has 0 fully saturated rings. The lowest BCUT2D eigenvalue weighted by Gasteiger charge is -2.28. The lowest BCUT2D eigenvalue weighted by atomic mass is 10.2. The fourth-order valence-electron chi connectivity index (χ4n) is 2.71. The quantitative estimate of drug-likeness (QED) is 0.799. The van der Waals surface area contributed by atoms with Crippen LogP contribution in [0, 0.1) is 17.7 Å². The van der Waals surface area contributed by atoms with Gasteiger partial charge in [0, 0.05) is 37.0 Å². The average Bonchev–Trinajstić information content (AvgIpc) is 2.97. The summed E-state index contributed by atoms with van der Waals surface area (Å²) in [5.41, 5.74) is 2.11. The van der Waals surface area contributed by atoms with E-state index in [4.69, 9.17) is 0 Å². The highest BCUT2D eigenvalue weighted by Gasteiger charge is 2.24. The summed E-state index contributed by atoms with van der Waals surface area (Å²) < 4.78 is 15.1. The van der Waals surface area contributed by atoms with Crippen LogP contribution in [0.1, 0.15) is 41.4 Å². The summed E-state index contributed by atoms with van der Waals surface area (Å²) in [6, 6.07) is 8.03. The van der Waals surface area contributed by atoms with Crippen LogP contribution in [0.15, 0.2) is 36.5 Å². The van der Waals surface area contributed by atoms with Gasteiger partial charge >= 0.3 is 0 Å². The SMILES string of the molecule is CCCCN1CCn2cc(C#Cc3cccc(F)c3)cc2C1=O. The topological polar surface area (TPSA) is 25.2 Å². The van der Waals surface area contributed by atoms with E-state index < -0.39 is 0 Å². The monoisotopic (exact) mass is 310 g/mol. The Hall–Kier alpha value is -2.54. The first-order valence-corrected chi connectivity index (χ1v) is 7.94. The van der Waals surface area contributed by atoms with E-state index in [0.29, 0.717) is 11.3 Å². The Morgan fingerprint density at radius 3 is 2.78 bits per heavy atom. The largest absolute Gasteiger partial charge is 0.340 e. The molecule has 0 radical (unpaired) electrons. The first-order chi connectivity index (χ1) is 11.2. The van der Waals surface area contributed by atoms with Crippen molar-refractivity contribution in [3.8, 4) is 11.8 Å². The van der Waals surface area contributed by atoms with Gasteiger partial charge in [-0.3, -0.25) is 4.79 Å². The van der Waals surface area contributed by atoms with Crippen molar-refractivity contribution in [1.29, 1.82) is 0 Å². The molecule has 4 heteroatoms. The van der Waals surface area contributed by atoms with Gasteiger partial charge in [-0.1, -0.05) is 31.3 Å². The summed E-state index contributed by atoms with van der Waals surface area (Å²) in [5, 5.41) is 0. The maximum Gasteiger partial charge on any atom is 0.270 e. The number of carbonyl (C=O) groups is 1. The summed E-state index contributed by atoms with van der Waals surface area (Å²) in [5.74, 6) is 5.73. The minimum Gasteiger partial charge on any atom is -0.340 e. The minimum absolute atomic E-state index is 0.0727. The number of carbonyl (C=O) groups excluding carboxylic acids is 1. The normalized spacial score (nSPS) is 13.5. The second-order valence-corrected chi connectivity index (χ2v) is 5.71. The van der Waals surface area contributed by atoms with Gasteiger partial charge in [-0.25, -0.2) is 4.39 Å². The number of unbranched alkanes of at least 4 members (excludes halogenated alkanes) is 1. The van der Waals surface area contributed by atoms with E-state index in [0.717, 1.165) is 38.0 Å². The van der Waals surface area contributed by atoms with E-state index in [1.165, 1.54) is 12.1 Å². The molecule has 1 aromatic carbocycles. The molecule has 23 heavy (non-hydrogen) atoms. The van der Waals surface area contributed by atoms with Crippen molar-refractivity contribution in [2.75, 3.05) is 13.1 Å². The van der Waals surface area contributed by atoms with Gasteiger partial charge in [0.25, 0.3) is 5.91 Å². The molecule has 0 saturated heterocycles. The van der Waals surface area contributed by atoms with Crippen molar-refractivity contribution in [2.45, 2.75) is 26.3 Å².